The number of carbonyl (C=O) groups is 3. The van der Waals surface area contributed by atoms with Gasteiger partial charge >= 0.3 is 12.0 Å². The Balaban J connectivity index is 2.88. The number of ether oxygens (including phenoxy) is 1. The highest BCUT2D eigenvalue weighted by atomic mass is 16.5. The molecule has 0 saturated heterocycles. The minimum atomic E-state index is -1.21. The molecular formula is C17H20N2O4. The van der Waals surface area contributed by atoms with Crippen molar-refractivity contribution in [3.8, 4) is 0 Å². The van der Waals surface area contributed by atoms with Gasteiger partial charge in [0.25, 0.3) is 5.91 Å². The molecule has 0 radical (unpaired) electrons. The maximum Gasteiger partial charge on any atom is 0.331 e. The summed E-state index contributed by atoms with van der Waals surface area (Å²) < 4.78 is 5.17. The topological polar surface area (TPSA) is 84.5 Å². The largest absolute Gasteiger partial charge is 0.444 e. The highest BCUT2D eigenvalue weighted by Crippen LogP contribution is 2.17. The van der Waals surface area contributed by atoms with Crippen molar-refractivity contribution < 1.29 is 19.1 Å². The predicted molar refractivity (Wildman–Crippen MR) is 86.4 cm³/mol. The summed E-state index contributed by atoms with van der Waals surface area (Å²) in [5, 5.41) is 4.59. The Hall–Kier alpha value is -2.89. The maximum absolute atomic E-state index is 12.2. The summed E-state index contributed by atoms with van der Waals surface area (Å²) in [5.41, 5.74) is 0.474. The van der Waals surface area contributed by atoms with Crippen LogP contribution in [0, 0.1) is 0 Å². The van der Waals surface area contributed by atoms with Crippen molar-refractivity contribution in [3.63, 3.8) is 0 Å². The summed E-state index contributed by atoms with van der Waals surface area (Å²) in [6, 6.07) is 7.85. The average Bonchev–Trinajstić information content (AvgIpc) is 2.53. The monoisotopic (exact) mass is 316 g/mol. The van der Waals surface area contributed by atoms with Crippen molar-refractivity contribution in [1.82, 2.24) is 10.6 Å². The molecule has 1 aromatic rings. The minimum absolute atomic E-state index is 0.376. The summed E-state index contributed by atoms with van der Waals surface area (Å²) in [5.74, 6) is -1.39. The number of imide groups is 1. The molecule has 23 heavy (non-hydrogen) atoms. The van der Waals surface area contributed by atoms with E-state index >= 15 is 0 Å². The van der Waals surface area contributed by atoms with Crippen LogP contribution in [0.3, 0.4) is 0 Å². The number of benzene rings is 1. The van der Waals surface area contributed by atoms with Crippen molar-refractivity contribution >= 4 is 17.9 Å². The van der Waals surface area contributed by atoms with Gasteiger partial charge in [0.15, 0.2) is 0 Å². The van der Waals surface area contributed by atoms with E-state index in [-0.39, 0.29) is 0 Å². The Labute approximate surface area is 135 Å². The molecular weight excluding hydrogens is 296 g/mol. The van der Waals surface area contributed by atoms with Gasteiger partial charge in [-0.25, -0.2) is 9.59 Å². The van der Waals surface area contributed by atoms with Gasteiger partial charge in [-0.15, -0.1) is 0 Å². The lowest BCUT2D eigenvalue weighted by Crippen LogP contribution is -2.42. The maximum atomic E-state index is 12.2. The van der Waals surface area contributed by atoms with Crippen LogP contribution in [0.1, 0.15) is 25.5 Å². The summed E-state index contributed by atoms with van der Waals surface area (Å²) in [6.45, 7) is 3.91. The van der Waals surface area contributed by atoms with Crippen molar-refractivity contribution in [3.05, 3.63) is 60.2 Å². The molecule has 0 aromatic heterocycles. The number of hydrogen-bond acceptors (Lipinski definition) is 4. The highest BCUT2D eigenvalue weighted by molar-refractivity contribution is 5.98. The fourth-order valence-corrected chi connectivity index (χ4v) is 1.68. The van der Waals surface area contributed by atoms with Crippen molar-refractivity contribution in [1.29, 1.82) is 0 Å². The zero-order valence-corrected chi connectivity index (χ0v) is 13.1. The fraction of sp³-hybridized carbons (Fsp3) is 0.235. The van der Waals surface area contributed by atoms with E-state index in [4.69, 9.17) is 4.74 Å². The zero-order chi connectivity index (χ0) is 17.1. The molecule has 0 saturated carbocycles. The molecule has 1 atom stereocenters. The Morgan fingerprint density at radius 3 is 2.48 bits per heavy atom. The van der Waals surface area contributed by atoms with Crippen LogP contribution >= 0.6 is 0 Å². The number of allylic oxidation sites excluding steroid dienone is 3. The Kier molecular flexibility index (Phi) is 7.85. The molecule has 0 aliphatic rings. The van der Waals surface area contributed by atoms with E-state index in [0.717, 1.165) is 0 Å². The third kappa shape index (κ3) is 6.60. The summed E-state index contributed by atoms with van der Waals surface area (Å²) >= 11 is 0. The first-order chi connectivity index (χ1) is 11.1. The molecule has 122 valence electrons. The predicted octanol–water partition coefficient (Wildman–Crippen LogP) is 2.25. The minimum Gasteiger partial charge on any atom is -0.444 e. The standard InChI is InChI=1S/C17H20N2O4/c1-3-5-7-12-14(20)23-15(13-10-8-6-9-11-13)16(21)19-17(22)18-4-2/h3,5-12,15H,4H2,1-2H3,(H2,18,19,21,22)/b5-3+,12-7+/t15-/m0/s1. The van der Waals surface area contributed by atoms with Crippen LogP contribution in [-0.4, -0.2) is 24.5 Å². The fourth-order valence-electron chi connectivity index (χ4n) is 1.68. The van der Waals surface area contributed by atoms with E-state index < -0.39 is 24.0 Å². The normalized spacial score (nSPS) is 12.1. The van der Waals surface area contributed by atoms with E-state index in [9.17, 15) is 14.4 Å². The highest BCUT2D eigenvalue weighted by Gasteiger charge is 2.25. The van der Waals surface area contributed by atoms with E-state index in [1.807, 2.05) is 6.92 Å². The molecule has 1 rings (SSSR count). The summed E-state index contributed by atoms with van der Waals surface area (Å²) in [4.78, 5) is 35.5. The molecule has 0 aliphatic carbocycles. The van der Waals surface area contributed by atoms with E-state index in [2.05, 4.69) is 10.6 Å². The molecule has 0 spiro atoms. The van der Waals surface area contributed by atoms with Gasteiger partial charge in [-0.3, -0.25) is 10.1 Å². The van der Waals surface area contributed by atoms with Gasteiger partial charge in [-0.05, 0) is 13.8 Å². The van der Waals surface area contributed by atoms with Crippen LogP contribution in [-0.2, 0) is 14.3 Å². The van der Waals surface area contributed by atoms with Crippen LogP contribution in [0.25, 0.3) is 0 Å². The first-order valence-electron chi connectivity index (χ1n) is 7.22. The average molecular weight is 316 g/mol. The molecule has 1 aromatic carbocycles. The van der Waals surface area contributed by atoms with Crippen molar-refractivity contribution in [2.45, 2.75) is 20.0 Å². The molecule has 0 heterocycles. The van der Waals surface area contributed by atoms with Gasteiger partial charge in [-0.1, -0.05) is 48.6 Å². The van der Waals surface area contributed by atoms with Gasteiger partial charge < -0.3 is 10.1 Å². The lowest BCUT2D eigenvalue weighted by molar-refractivity contribution is -0.151. The number of esters is 1. The van der Waals surface area contributed by atoms with E-state index in [1.165, 1.54) is 12.2 Å². The van der Waals surface area contributed by atoms with Crippen molar-refractivity contribution in [2.24, 2.45) is 0 Å². The third-order valence-corrected chi connectivity index (χ3v) is 2.68. The Morgan fingerprint density at radius 1 is 1.17 bits per heavy atom. The molecule has 3 amide bonds. The second kappa shape index (κ2) is 9.94. The quantitative estimate of drug-likeness (QED) is 0.479. The number of nitrogens with one attached hydrogen (secondary N) is 2. The molecule has 0 unspecified atom stereocenters. The molecule has 0 bridgehead atoms. The SMILES string of the molecule is C/C=C/C=C/C(=O)O[C@H](C(=O)NC(=O)NCC)c1ccccc1. The van der Waals surface area contributed by atoms with Crippen LogP contribution in [0.4, 0.5) is 4.79 Å². The zero-order valence-electron chi connectivity index (χ0n) is 13.1. The lowest BCUT2D eigenvalue weighted by Gasteiger charge is -2.16. The van der Waals surface area contributed by atoms with E-state index in [1.54, 1.807) is 49.4 Å². The van der Waals surface area contributed by atoms with Crippen LogP contribution in [0.15, 0.2) is 54.6 Å². The summed E-state index contributed by atoms with van der Waals surface area (Å²) in [7, 11) is 0. The first-order valence-corrected chi connectivity index (χ1v) is 7.22. The second-order valence-corrected chi connectivity index (χ2v) is 4.46. The van der Waals surface area contributed by atoms with Crippen LogP contribution in [0.2, 0.25) is 0 Å². The molecule has 2 N–H and O–H groups in total. The van der Waals surface area contributed by atoms with Gasteiger partial charge in [0.2, 0.25) is 6.10 Å². The molecule has 6 nitrogen and oxygen atoms in total. The number of hydrogen-bond donors (Lipinski definition) is 2. The number of carbonyl (C=O) groups excluding carboxylic acids is 3. The van der Waals surface area contributed by atoms with Crippen LogP contribution in [0.5, 0.6) is 0 Å². The number of rotatable bonds is 6. The van der Waals surface area contributed by atoms with Gasteiger partial charge in [-0.2, -0.15) is 0 Å². The third-order valence-electron chi connectivity index (χ3n) is 2.68. The smallest absolute Gasteiger partial charge is 0.331 e. The molecule has 0 aliphatic heterocycles. The summed E-state index contributed by atoms with van der Waals surface area (Å²) in [6.07, 6.45) is 4.91. The molecule has 6 heteroatoms. The molecule has 0 fully saturated rings. The first kappa shape index (κ1) is 18.2. The van der Waals surface area contributed by atoms with Gasteiger partial charge in [0.1, 0.15) is 0 Å². The van der Waals surface area contributed by atoms with Gasteiger partial charge in [0, 0.05) is 18.2 Å². The Bertz CT molecular complexity index is 594. The van der Waals surface area contributed by atoms with Gasteiger partial charge in [0.05, 0.1) is 0 Å². The number of amides is 3. The lowest BCUT2D eigenvalue weighted by atomic mass is 10.1. The van der Waals surface area contributed by atoms with E-state index in [0.29, 0.717) is 12.1 Å². The van der Waals surface area contributed by atoms with Crippen LogP contribution < -0.4 is 10.6 Å². The van der Waals surface area contributed by atoms with Crippen molar-refractivity contribution in [2.75, 3.05) is 6.54 Å². The Morgan fingerprint density at radius 2 is 1.87 bits per heavy atom. The number of urea groups is 1. The second-order valence-electron chi connectivity index (χ2n) is 4.46.